The van der Waals surface area contributed by atoms with E-state index in [0.29, 0.717) is 0 Å². The van der Waals surface area contributed by atoms with Crippen LogP contribution >= 0.6 is 0 Å². The number of hydrazone groups is 1. The molecule has 1 atom stereocenters. The van der Waals surface area contributed by atoms with Gasteiger partial charge in [-0.05, 0) is 20.8 Å². The minimum Gasteiger partial charge on any atom is -0.465 e. The lowest BCUT2D eigenvalue weighted by Crippen LogP contribution is -2.31. The van der Waals surface area contributed by atoms with Gasteiger partial charge >= 0.3 is 12.0 Å². The van der Waals surface area contributed by atoms with Crippen LogP contribution in [0, 0.1) is 5.92 Å². The van der Waals surface area contributed by atoms with Crippen molar-refractivity contribution in [2.45, 2.75) is 27.2 Å². The van der Waals surface area contributed by atoms with Crippen LogP contribution in [0.25, 0.3) is 0 Å². The zero-order valence-electron chi connectivity index (χ0n) is 10.1. The SMILES string of the molecule is CCOC(=O)C(CC(C)=O)/C(C)=N/NC(N)=O. The Balaban J connectivity index is 4.77. The second kappa shape index (κ2) is 7.37. The van der Waals surface area contributed by atoms with Crippen molar-refractivity contribution in [3.63, 3.8) is 0 Å². The van der Waals surface area contributed by atoms with Crippen molar-refractivity contribution in [1.82, 2.24) is 5.43 Å². The molecule has 0 aromatic heterocycles. The monoisotopic (exact) mass is 243 g/mol. The zero-order chi connectivity index (χ0) is 13.4. The first-order valence-corrected chi connectivity index (χ1v) is 5.14. The van der Waals surface area contributed by atoms with Crippen molar-refractivity contribution in [3.05, 3.63) is 0 Å². The molecule has 1 unspecified atom stereocenters. The first-order chi connectivity index (χ1) is 7.88. The molecule has 7 nitrogen and oxygen atoms in total. The average molecular weight is 243 g/mol. The second-order valence-corrected chi connectivity index (χ2v) is 3.44. The van der Waals surface area contributed by atoms with Crippen LogP contribution in [0.5, 0.6) is 0 Å². The Kier molecular flexibility index (Phi) is 6.54. The number of nitrogens with one attached hydrogen (secondary N) is 1. The maximum atomic E-state index is 11.6. The van der Waals surface area contributed by atoms with Gasteiger partial charge in [0, 0.05) is 12.1 Å². The smallest absolute Gasteiger partial charge is 0.332 e. The van der Waals surface area contributed by atoms with Gasteiger partial charge in [0.1, 0.15) is 11.7 Å². The van der Waals surface area contributed by atoms with Crippen molar-refractivity contribution >= 4 is 23.5 Å². The average Bonchev–Trinajstić information content (AvgIpc) is 2.22. The molecule has 0 fully saturated rings. The molecule has 0 spiro atoms. The highest BCUT2D eigenvalue weighted by atomic mass is 16.5. The van der Waals surface area contributed by atoms with E-state index in [4.69, 9.17) is 10.5 Å². The minimum absolute atomic E-state index is 0.0192. The summed E-state index contributed by atoms with van der Waals surface area (Å²) in [6.07, 6.45) is -0.0192. The minimum atomic E-state index is -0.838. The van der Waals surface area contributed by atoms with Crippen molar-refractivity contribution in [2.24, 2.45) is 16.8 Å². The van der Waals surface area contributed by atoms with Gasteiger partial charge in [-0.1, -0.05) is 0 Å². The highest BCUT2D eigenvalue weighted by molar-refractivity contribution is 6.04. The summed E-state index contributed by atoms with van der Waals surface area (Å²) in [5, 5.41) is 3.62. The molecule has 0 saturated heterocycles. The fourth-order valence-electron chi connectivity index (χ4n) is 1.15. The highest BCUT2D eigenvalue weighted by Crippen LogP contribution is 2.09. The number of rotatable bonds is 6. The first kappa shape index (κ1) is 15.1. The van der Waals surface area contributed by atoms with E-state index in [-0.39, 0.29) is 24.5 Å². The molecule has 0 heterocycles. The van der Waals surface area contributed by atoms with E-state index in [9.17, 15) is 14.4 Å². The fraction of sp³-hybridized carbons (Fsp3) is 0.600. The zero-order valence-corrected chi connectivity index (χ0v) is 10.1. The van der Waals surface area contributed by atoms with Gasteiger partial charge in [-0.25, -0.2) is 10.2 Å². The summed E-state index contributed by atoms with van der Waals surface area (Å²) >= 11 is 0. The molecule has 0 aliphatic heterocycles. The Morgan fingerprint density at radius 1 is 1.35 bits per heavy atom. The van der Waals surface area contributed by atoms with Crippen LogP contribution in [0.4, 0.5) is 4.79 Å². The molecular formula is C10H17N3O4. The molecular weight excluding hydrogens is 226 g/mol. The standard InChI is InChI=1S/C10H17N3O4/c1-4-17-9(15)8(5-6(2)14)7(3)12-13-10(11)16/h8H,4-5H2,1-3H3,(H3,11,13,16)/b12-7+. The molecule has 0 aromatic carbocycles. The molecule has 0 radical (unpaired) electrons. The number of primary amides is 1. The Labute approximate surface area is 99.4 Å². The van der Waals surface area contributed by atoms with Crippen LogP contribution < -0.4 is 11.2 Å². The van der Waals surface area contributed by atoms with Crippen LogP contribution in [-0.4, -0.2) is 30.1 Å². The maximum absolute atomic E-state index is 11.6. The lowest BCUT2D eigenvalue weighted by molar-refractivity contribution is -0.146. The number of amides is 2. The summed E-state index contributed by atoms with van der Waals surface area (Å²) < 4.78 is 4.82. The van der Waals surface area contributed by atoms with E-state index in [1.807, 2.05) is 5.43 Å². The summed E-state index contributed by atoms with van der Waals surface area (Å²) in [5.41, 5.74) is 7.12. The molecule has 0 saturated carbocycles. The van der Waals surface area contributed by atoms with Gasteiger partial charge in [-0.2, -0.15) is 5.10 Å². The van der Waals surface area contributed by atoms with Crippen LogP contribution in [-0.2, 0) is 14.3 Å². The maximum Gasteiger partial charge on any atom is 0.332 e. The van der Waals surface area contributed by atoms with Gasteiger partial charge < -0.3 is 10.5 Å². The number of esters is 1. The summed E-state index contributed by atoms with van der Waals surface area (Å²) in [6.45, 7) is 4.75. The first-order valence-electron chi connectivity index (χ1n) is 5.14. The van der Waals surface area contributed by atoms with Crippen molar-refractivity contribution in [3.8, 4) is 0 Å². The summed E-state index contributed by atoms with van der Waals surface area (Å²) in [6, 6.07) is -0.838. The topological polar surface area (TPSA) is 111 Å². The van der Waals surface area contributed by atoms with Crippen molar-refractivity contribution in [1.29, 1.82) is 0 Å². The van der Waals surface area contributed by atoms with Crippen LogP contribution in [0.15, 0.2) is 5.10 Å². The lowest BCUT2D eigenvalue weighted by Gasteiger charge is -2.13. The quantitative estimate of drug-likeness (QED) is 0.394. The number of carbonyl (C=O) groups excluding carboxylic acids is 3. The number of ether oxygens (including phenoxy) is 1. The molecule has 0 rings (SSSR count). The number of urea groups is 1. The number of hydrogen-bond acceptors (Lipinski definition) is 5. The van der Waals surface area contributed by atoms with E-state index in [2.05, 4.69) is 5.10 Å². The largest absolute Gasteiger partial charge is 0.465 e. The van der Waals surface area contributed by atoms with Gasteiger partial charge in [0.05, 0.1) is 6.61 Å². The second-order valence-electron chi connectivity index (χ2n) is 3.44. The fourth-order valence-corrected chi connectivity index (χ4v) is 1.15. The Hall–Kier alpha value is -1.92. The third kappa shape index (κ3) is 6.29. The third-order valence-corrected chi connectivity index (χ3v) is 1.91. The summed E-state index contributed by atoms with van der Waals surface area (Å²) in [7, 11) is 0. The predicted molar refractivity (Wildman–Crippen MR) is 61.2 cm³/mol. The Morgan fingerprint density at radius 3 is 2.35 bits per heavy atom. The Morgan fingerprint density at radius 2 is 1.94 bits per heavy atom. The third-order valence-electron chi connectivity index (χ3n) is 1.91. The predicted octanol–water partition coefficient (Wildman–Crippen LogP) is 0.189. The molecule has 0 aliphatic carbocycles. The van der Waals surface area contributed by atoms with Gasteiger partial charge in [0.15, 0.2) is 0 Å². The number of hydrogen-bond donors (Lipinski definition) is 2. The highest BCUT2D eigenvalue weighted by Gasteiger charge is 2.24. The van der Waals surface area contributed by atoms with E-state index in [1.165, 1.54) is 13.8 Å². The summed E-state index contributed by atoms with van der Waals surface area (Å²) in [5.74, 6) is -1.51. The molecule has 96 valence electrons. The molecule has 0 aliphatic rings. The van der Waals surface area contributed by atoms with Gasteiger partial charge in [0.2, 0.25) is 0 Å². The molecule has 7 heteroatoms. The number of Topliss-reactive ketones (excluding diaryl/α,β-unsaturated/α-hetero) is 1. The van der Waals surface area contributed by atoms with Crippen LogP contribution in [0.1, 0.15) is 27.2 Å². The van der Waals surface area contributed by atoms with Crippen LogP contribution in [0.3, 0.4) is 0 Å². The van der Waals surface area contributed by atoms with E-state index in [1.54, 1.807) is 6.92 Å². The molecule has 3 N–H and O–H groups in total. The number of ketones is 1. The number of carbonyl (C=O) groups is 3. The summed E-state index contributed by atoms with van der Waals surface area (Å²) in [4.78, 5) is 33.1. The molecule has 17 heavy (non-hydrogen) atoms. The molecule has 0 aromatic rings. The number of nitrogens with two attached hydrogens (primary N) is 1. The van der Waals surface area contributed by atoms with Crippen LogP contribution in [0.2, 0.25) is 0 Å². The molecule has 2 amide bonds. The van der Waals surface area contributed by atoms with E-state index >= 15 is 0 Å². The van der Waals surface area contributed by atoms with Gasteiger partial charge in [-0.15, -0.1) is 0 Å². The normalized spacial score (nSPS) is 12.8. The van der Waals surface area contributed by atoms with Crippen molar-refractivity contribution in [2.75, 3.05) is 6.61 Å². The lowest BCUT2D eigenvalue weighted by atomic mass is 9.98. The van der Waals surface area contributed by atoms with Crippen molar-refractivity contribution < 1.29 is 19.1 Å². The number of nitrogens with zero attached hydrogens (tertiary/aromatic N) is 1. The Bertz CT molecular complexity index is 338. The van der Waals surface area contributed by atoms with E-state index < -0.39 is 17.9 Å². The molecule has 0 bridgehead atoms. The van der Waals surface area contributed by atoms with Gasteiger partial charge in [-0.3, -0.25) is 9.59 Å². The van der Waals surface area contributed by atoms with Gasteiger partial charge in [0.25, 0.3) is 0 Å². The van der Waals surface area contributed by atoms with E-state index in [0.717, 1.165) is 0 Å².